The van der Waals surface area contributed by atoms with Crippen molar-refractivity contribution < 1.29 is 9.47 Å². The lowest BCUT2D eigenvalue weighted by molar-refractivity contribution is 0.0307. The molecule has 2 nitrogen and oxygen atoms in total. The highest BCUT2D eigenvalue weighted by molar-refractivity contribution is 9.10. The zero-order valence-electron chi connectivity index (χ0n) is 11.5. The molecule has 4 heteroatoms. The van der Waals surface area contributed by atoms with Crippen LogP contribution in [0.3, 0.4) is 0 Å². The highest BCUT2D eigenvalue weighted by Gasteiger charge is 2.50. The van der Waals surface area contributed by atoms with Crippen LogP contribution < -0.4 is 4.74 Å². The quantitative estimate of drug-likeness (QED) is 0.689. The molecule has 1 heterocycles. The van der Waals surface area contributed by atoms with Crippen molar-refractivity contribution in [2.24, 2.45) is 11.3 Å². The summed E-state index contributed by atoms with van der Waals surface area (Å²) in [5.74, 6) is 2.32. The first-order chi connectivity index (χ1) is 9.73. The zero-order chi connectivity index (χ0) is 14.0. The zero-order valence-corrected chi connectivity index (χ0v) is 13.8. The second kappa shape index (κ2) is 6.25. The van der Waals surface area contributed by atoms with Crippen LogP contribution in [0.2, 0.25) is 0 Å². The monoisotopic (exact) mass is 358 g/mol. The SMILES string of the molecule is ClCC1(CCOc2cccc(Br)c2)CCOC1C1CC1. The van der Waals surface area contributed by atoms with Crippen molar-refractivity contribution in [3.05, 3.63) is 28.7 Å². The van der Waals surface area contributed by atoms with Gasteiger partial charge in [-0.2, -0.15) is 0 Å². The van der Waals surface area contributed by atoms with Gasteiger partial charge >= 0.3 is 0 Å². The molecule has 1 aromatic carbocycles. The minimum atomic E-state index is 0.120. The molecule has 20 heavy (non-hydrogen) atoms. The molecule has 0 spiro atoms. The first-order valence-electron chi connectivity index (χ1n) is 7.29. The Morgan fingerprint density at radius 3 is 2.95 bits per heavy atom. The van der Waals surface area contributed by atoms with Crippen molar-refractivity contribution in [1.29, 1.82) is 0 Å². The van der Waals surface area contributed by atoms with Crippen LogP contribution in [-0.4, -0.2) is 25.2 Å². The van der Waals surface area contributed by atoms with Gasteiger partial charge in [-0.3, -0.25) is 0 Å². The van der Waals surface area contributed by atoms with E-state index in [0.29, 0.717) is 18.6 Å². The maximum absolute atomic E-state index is 6.30. The minimum absolute atomic E-state index is 0.120. The number of benzene rings is 1. The Morgan fingerprint density at radius 2 is 2.25 bits per heavy atom. The summed E-state index contributed by atoms with van der Waals surface area (Å²) in [5.41, 5.74) is 0.120. The molecule has 0 bridgehead atoms. The van der Waals surface area contributed by atoms with Gasteiger partial charge in [-0.15, -0.1) is 11.6 Å². The summed E-state index contributed by atoms with van der Waals surface area (Å²) in [6, 6.07) is 7.97. The van der Waals surface area contributed by atoms with E-state index in [1.54, 1.807) is 0 Å². The van der Waals surface area contributed by atoms with Gasteiger partial charge in [0.2, 0.25) is 0 Å². The van der Waals surface area contributed by atoms with Crippen LogP contribution in [-0.2, 0) is 4.74 Å². The molecule has 0 radical (unpaired) electrons. The van der Waals surface area contributed by atoms with E-state index in [1.165, 1.54) is 12.8 Å². The lowest BCUT2D eigenvalue weighted by atomic mass is 9.78. The van der Waals surface area contributed by atoms with Crippen LogP contribution >= 0.6 is 27.5 Å². The summed E-state index contributed by atoms with van der Waals surface area (Å²) in [6.45, 7) is 1.56. The summed E-state index contributed by atoms with van der Waals surface area (Å²) in [4.78, 5) is 0. The Kier molecular flexibility index (Phi) is 4.58. The molecule has 1 aliphatic heterocycles. The van der Waals surface area contributed by atoms with Crippen LogP contribution in [0.5, 0.6) is 5.75 Å². The van der Waals surface area contributed by atoms with E-state index in [-0.39, 0.29) is 5.41 Å². The maximum atomic E-state index is 6.30. The number of hydrogen-bond acceptors (Lipinski definition) is 2. The summed E-state index contributed by atoms with van der Waals surface area (Å²) in [6.07, 6.45) is 5.00. The molecule has 2 unspecified atom stereocenters. The second-order valence-electron chi connectivity index (χ2n) is 5.93. The van der Waals surface area contributed by atoms with E-state index >= 15 is 0 Å². The fourth-order valence-corrected chi connectivity index (χ4v) is 3.95. The molecule has 2 fully saturated rings. The third-order valence-corrected chi connectivity index (χ3v) is 5.51. The van der Waals surface area contributed by atoms with Crippen molar-refractivity contribution in [2.75, 3.05) is 19.1 Å². The molecular weight excluding hydrogens is 340 g/mol. The van der Waals surface area contributed by atoms with Crippen LogP contribution in [0.1, 0.15) is 25.7 Å². The van der Waals surface area contributed by atoms with Crippen LogP contribution in [0.4, 0.5) is 0 Å². The van der Waals surface area contributed by atoms with Crippen molar-refractivity contribution in [1.82, 2.24) is 0 Å². The van der Waals surface area contributed by atoms with Gasteiger partial charge < -0.3 is 9.47 Å². The maximum Gasteiger partial charge on any atom is 0.120 e. The van der Waals surface area contributed by atoms with Crippen molar-refractivity contribution in [3.8, 4) is 5.75 Å². The van der Waals surface area contributed by atoms with E-state index in [1.807, 2.05) is 24.3 Å². The largest absolute Gasteiger partial charge is 0.494 e. The average molecular weight is 360 g/mol. The Hall–Kier alpha value is -0.250. The van der Waals surface area contributed by atoms with Crippen molar-refractivity contribution in [3.63, 3.8) is 0 Å². The first kappa shape index (κ1) is 14.7. The fourth-order valence-electron chi connectivity index (χ4n) is 3.15. The Labute approximate surface area is 133 Å². The van der Waals surface area contributed by atoms with Gasteiger partial charge in [0.25, 0.3) is 0 Å². The van der Waals surface area contributed by atoms with Gasteiger partial charge in [0.15, 0.2) is 0 Å². The number of alkyl halides is 1. The topological polar surface area (TPSA) is 18.5 Å². The van der Waals surface area contributed by atoms with E-state index in [2.05, 4.69) is 15.9 Å². The third-order valence-electron chi connectivity index (χ3n) is 4.48. The smallest absolute Gasteiger partial charge is 0.120 e. The summed E-state index contributed by atoms with van der Waals surface area (Å²) < 4.78 is 12.9. The van der Waals surface area contributed by atoms with E-state index in [4.69, 9.17) is 21.1 Å². The molecule has 1 saturated heterocycles. The van der Waals surface area contributed by atoms with Gasteiger partial charge in [-0.05, 0) is 49.8 Å². The van der Waals surface area contributed by atoms with Gasteiger partial charge in [0.05, 0.1) is 12.7 Å². The van der Waals surface area contributed by atoms with Crippen molar-refractivity contribution >= 4 is 27.5 Å². The number of hydrogen-bond donors (Lipinski definition) is 0. The molecule has 2 aliphatic rings. The molecule has 1 saturated carbocycles. The lowest BCUT2D eigenvalue weighted by Gasteiger charge is -2.32. The third kappa shape index (κ3) is 3.15. The Balaban J connectivity index is 1.58. The Bertz CT molecular complexity index is 464. The molecule has 0 amide bonds. The highest BCUT2D eigenvalue weighted by atomic mass is 79.9. The van der Waals surface area contributed by atoms with Crippen LogP contribution in [0, 0.1) is 11.3 Å². The van der Waals surface area contributed by atoms with Gasteiger partial charge in [0.1, 0.15) is 5.75 Å². The molecule has 110 valence electrons. The molecule has 3 rings (SSSR count). The van der Waals surface area contributed by atoms with Gasteiger partial charge in [-0.1, -0.05) is 22.0 Å². The first-order valence-corrected chi connectivity index (χ1v) is 8.62. The number of rotatable bonds is 6. The Morgan fingerprint density at radius 1 is 1.40 bits per heavy atom. The number of halogens is 2. The second-order valence-corrected chi connectivity index (χ2v) is 7.11. The summed E-state index contributed by atoms with van der Waals surface area (Å²) >= 11 is 9.76. The predicted octanol–water partition coefficient (Wildman–Crippen LogP) is 4.64. The van der Waals surface area contributed by atoms with Crippen LogP contribution in [0.25, 0.3) is 0 Å². The molecule has 1 aliphatic carbocycles. The van der Waals surface area contributed by atoms with Crippen molar-refractivity contribution in [2.45, 2.75) is 31.8 Å². The minimum Gasteiger partial charge on any atom is -0.494 e. The molecule has 2 atom stereocenters. The van der Waals surface area contributed by atoms with Gasteiger partial charge in [-0.25, -0.2) is 0 Å². The summed E-state index contributed by atoms with van der Waals surface area (Å²) in [5, 5.41) is 0. The highest BCUT2D eigenvalue weighted by Crippen LogP contribution is 2.50. The van der Waals surface area contributed by atoms with Gasteiger partial charge in [0, 0.05) is 22.4 Å². The average Bonchev–Trinajstić information content (AvgIpc) is 3.20. The lowest BCUT2D eigenvalue weighted by Crippen LogP contribution is -2.36. The van der Waals surface area contributed by atoms with E-state index < -0.39 is 0 Å². The standard InChI is InChI=1S/C16H20BrClO2/c17-13-2-1-3-14(10-13)19-8-6-16(11-18)7-9-20-15(16)12-4-5-12/h1-3,10,12,15H,4-9,11H2. The van der Waals surface area contributed by atoms with E-state index in [0.717, 1.165) is 35.6 Å². The summed E-state index contributed by atoms with van der Waals surface area (Å²) in [7, 11) is 0. The molecular formula is C16H20BrClO2. The number of ether oxygens (including phenoxy) is 2. The fraction of sp³-hybridized carbons (Fsp3) is 0.625. The van der Waals surface area contributed by atoms with Crippen LogP contribution in [0.15, 0.2) is 28.7 Å². The normalized spacial score (nSPS) is 29.6. The molecule has 0 aromatic heterocycles. The molecule has 0 N–H and O–H groups in total. The predicted molar refractivity (Wildman–Crippen MR) is 84.5 cm³/mol. The molecule has 1 aromatic rings. The van der Waals surface area contributed by atoms with E-state index in [9.17, 15) is 0 Å².